The molecule has 4 nitrogen and oxygen atoms in total. The van der Waals surface area contributed by atoms with Gasteiger partial charge >= 0.3 is 5.97 Å². The van der Waals surface area contributed by atoms with Crippen LogP contribution >= 0.6 is 43.2 Å². The van der Waals surface area contributed by atoms with Crippen molar-refractivity contribution in [2.24, 2.45) is 5.92 Å². The van der Waals surface area contributed by atoms with Crippen LogP contribution in [-0.2, 0) is 4.79 Å². The van der Waals surface area contributed by atoms with E-state index in [-0.39, 0.29) is 11.8 Å². The number of hydrogen-bond donors (Lipinski definition) is 2. The molecule has 17 heavy (non-hydrogen) atoms. The highest BCUT2D eigenvalue weighted by Crippen LogP contribution is 2.32. The van der Waals surface area contributed by atoms with Gasteiger partial charge in [-0.05, 0) is 43.8 Å². The van der Waals surface area contributed by atoms with Crippen LogP contribution in [0.5, 0.6) is 0 Å². The molecule has 0 saturated heterocycles. The fourth-order valence-corrected chi connectivity index (χ4v) is 3.12. The average molecular weight is 385 g/mol. The molecule has 0 aliphatic rings. The predicted octanol–water partition coefficient (Wildman–Crippen LogP) is 3.11. The highest BCUT2D eigenvalue weighted by molar-refractivity contribution is 9.13. The first kappa shape index (κ1) is 14.7. The van der Waals surface area contributed by atoms with Crippen LogP contribution < -0.4 is 5.32 Å². The van der Waals surface area contributed by atoms with Crippen molar-refractivity contribution < 1.29 is 14.7 Å². The highest BCUT2D eigenvalue weighted by atomic mass is 79.9. The Hall–Kier alpha value is -0.400. The second-order valence-corrected chi connectivity index (χ2v) is 6.99. The number of carbonyl (C=O) groups is 2. The number of thiophene rings is 1. The van der Waals surface area contributed by atoms with Gasteiger partial charge in [-0.3, -0.25) is 4.79 Å². The molecule has 0 radical (unpaired) electrons. The number of nitrogens with one attached hydrogen (secondary N) is 1. The largest absolute Gasteiger partial charge is 0.480 e. The summed E-state index contributed by atoms with van der Waals surface area (Å²) in [6.45, 7) is 3.50. The van der Waals surface area contributed by atoms with Gasteiger partial charge in [0.25, 0.3) is 5.91 Å². The Morgan fingerprint density at radius 2 is 2.00 bits per heavy atom. The summed E-state index contributed by atoms with van der Waals surface area (Å²) in [5.74, 6) is -1.56. The lowest BCUT2D eigenvalue weighted by Crippen LogP contribution is -2.44. The molecule has 0 saturated carbocycles. The average Bonchev–Trinajstić information content (AvgIpc) is 2.54. The zero-order valence-electron chi connectivity index (χ0n) is 9.16. The van der Waals surface area contributed by atoms with E-state index in [2.05, 4.69) is 37.2 Å². The van der Waals surface area contributed by atoms with Gasteiger partial charge in [0, 0.05) is 4.47 Å². The first-order chi connectivity index (χ1) is 7.82. The van der Waals surface area contributed by atoms with E-state index in [0.717, 1.165) is 8.26 Å². The van der Waals surface area contributed by atoms with Crippen molar-refractivity contribution in [2.45, 2.75) is 19.9 Å². The molecule has 0 bridgehead atoms. The van der Waals surface area contributed by atoms with E-state index in [4.69, 9.17) is 5.11 Å². The summed E-state index contributed by atoms with van der Waals surface area (Å²) in [5, 5.41) is 11.5. The summed E-state index contributed by atoms with van der Waals surface area (Å²) in [6, 6.07) is 0.783. The third-order valence-corrected chi connectivity index (χ3v) is 5.34. The van der Waals surface area contributed by atoms with Crippen molar-refractivity contribution in [1.29, 1.82) is 0 Å². The molecule has 1 atom stereocenters. The Balaban J connectivity index is 2.81. The molecule has 0 spiro atoms. The minimum Gasteiger partial charge on any atom is -0.480 e. The number of halogens is 2. The van der Waals surface area contributed by atoms with Crippen LogP contribution in [0.15, 0.2) is 14.3 Å². The zero-order chi connectivity index (χ0) is 13.2. The Morgan fingerprint density at radius 1 is 1.41 bits per heavy atom. The number of rotatable bonds is 4. The quantitative estimate of drug-likeness (QED) is 0.837. The Morgan fingerprint density at radius 3 is 2.35 bits per heavy atom. The zero-order valence-corrected chi connectivity index (χ0v) is 13.1. The minimum absolute atomic E-state index is 0.164. The molecule has 1 aromatic heterocycles. The van der Waals surface area contributed by atoms with Crippen LogP contribution in [0.3, 0.4) is 0 Å². The first-order valence-corrected chi connectivity index (χ1v) is 7.21. The number of carboxylic acid groups (broad SMARTS) is 1. The van der Waals surface area contributed by atoms with E-state index in [0.29, 0.717) is 4.88 Å². The number of amides is 1. The monoisotopic (exact) mass is 383 g/mol. The Labute approximate surface area is 120 Å². The molecule has 1 rings (SSSR count). The molecule has 2 N–H and O–H groups in total. The van der Waals surface area contributed by atoms with Crippen LogP contribution in [0.2, 0.25) is 0 Å². The van der Waals surface area contributed by atoms with Gasteiger partial charge in [-0.2, -0.15) is 0 Å². The Bertz CT molecular complexity index is 425. The second-order valence-electron chi connectivity index (χ2n) is 3.77. The lowest BCUT2D eigenvalue weighted by atomic mass is 10.0. The standard InChI is InChI=1S/C10H11Br2NO3S/c1-4(2)7(10(15)16)13-9(14)6-3-5(11)8(12)17-6/h3-4,7H,1-2H3,(H,13,14)(H,15,16)/t7-/m1/s1. The van der Waals surface area contributed by atoms with E-state index in [1.807, 2.05) is 0 Å². The second kappa shape index (κ2) is 5.97. The van der Waals surface area contributed by atoms with Crippen molar-refractivity contribution >= 4 is 55.1 Å². The molecule has 7 heteroatoms. The van der Waals surface area contributed by atoms with Crippen molar-refractivity contribution in [3.63, 3.8) is 0 Å². The third kappa shape index (κ3) is 3.79. The van der Waals surface area contributed by atoms with Crippen LogP contribution in [0.4, 0.5) is 0 Å². The Kier molecular flexibility index (Phi) is 5.15. The fraction of sp³-hybridized carbons (Fsp3) is 0.400. The maximum Gasteiger partial charge on any atom is 0.326 e. The first-order valence-electron chi connectivity index (χ1n) is 4.81. The molecule has 0 fully saturated rings. The van der Waals surface area contributed by atoms with Crippen molar-refractivity contribution in [2.75, 3.05) is 0 Å². The van der Waals surface area contributed by atoms with E-state index in [1.54, 1.807) is 19.9 Å². The third-order valence-electron chi connectivity index (χ3n) is 2.09. The molecule has 94 valence electrons. The molecule has 0 aromatic carbocycles. The van der Waals surface area contributed by atoms with Gasteiger partial charge in [-0.15, -0.1) is 11.3 Å². The topological polar surface area (TPSA) is 66.4 Å². The summed E-state index contributed by atoms with van der Waals surface area (Å²) in [6.07, 6.45) is 0. The van der Waals surface area contributed by atoms with Crippen molar-refractivity contribution in [3.05, 3.63) is 19.2 Å². The SMILES string of the molecule is CC(C)[C@@H](NC(=O)c1cc(Br)c(Br)s1)C(=O)O. The van der Waals surface area contributed by atoms with E-state index >= 15 is 0 Å². The molecule has 0 aliphatic carbocycles. The number of aliphatic carboxylic acids is 1. The molecule has 1 amide bonds. The fourth-order valence-electron chi connectivity index (χ4n) is 1.18. The summed E-state index contributed by atoms with van der Waals surface area (Å²) >= 11 is 7.81. The van der Waals surface area contributed by atoms with E-state index in [1.165, 1.54) is 11.3 Å². The summed E-state index contributed by atoms with van der Waals surface area (Å²) in [5.41, 5.74) is 0. The van der Waals surface area contributed by atoms with Gasteiger partial charge in [0.1, 0.15) is 6.04 Å². The predicted molar refractivity (Wildman–Crippen MR) is 73.4 cm³/mol. The molecule has 1 aromatic rings. The van der Waals surface area contributed by atoms with Crippen molar-refractivity contribution in [1.82, 2.24) is 5.32 Å². The molecule has 0 aliphatic heterocycles. The van der Waals surface area contributed by atoms with E-state index < -0.39 is 12.0 Å². The summed E-state index contributed by atoms with van der Waals surface area (Å²) in [7, 11) is 0. The smallest absolute Gasteiger partial charge is 0.326 e. The number of hydrogen-bond acceptors (Lipinski definition) is 3. The van der Waals surface area contributed by atoms with Gasteiger partial charge in [0.05, 0.1) is 8.66 Å². The van der Waals surface area contributed by atoms with Gasteiger partial charge in [-0.1, -0.05) is 13.8 Å². The van der Waals surface area contributed by atoms with E-state index in [9.17, 15) is 9.59 Å². The molecule has 0 unspecified atom stereocenters. The molecular formula is C10H11Br2NO3S. The summed E-state index contributed by atoms with van der Waals surface area (Å²) < 4.78 is 1.59. The van der Waals surface area contributed by atoms with Crippen LogP contribution in [0, 0.1) is 5.92 Å². The number of carbonyl (C=O) groups excluding carboxylic acids is 1. The van der Waals surface area contributed by atoms with Crippen LogP contribution in [0.25, 0.3) is 0 Å². The lowest BCUT2D eigenvalue weighted by Gasteiger charge is -2.17. The van der Waals surface area contributed by atoms with Crippen LogP contribution in [0.1, 0.15) is 23.5 Å². The van der Waals surface area contributed by atoms with Crippen molar-refractivity contribution in [3.8, 4) is 0 Å². The highest BCUT2D eigenvalue weighted by Gasteiger charge is 2.24. The molecule has 1 heterocycles. The molecular weight excluding hydrogens is 374 g/mol. The van der Waals surface area contributed by atoms with Gasteiger partial charge < -0.3 is 10.4 Å². The van der Waals surface area contributed by atoms with Gasteiger partial charge in [0.2, 0.25) is 0 Å². The maximum absolute atomic E-state index is 11.8. The van der Waals surface area contributed by atoms with Gasteiger partial charge in [-0.25, -0.2) is 4.79 Å². The van der Waals surface area contributed by atoms with Gasteiger partial charge in [0.15, 0.2) is 0 Å². The van der Waals surface area contributed by atoms with Crippen LogP contribution in [-0.4, -0.2) is 23.0 Å². The number of carboxylic acids is 1. The maximum atomic E-state index is 11.8. The summed E-state index contributed by atoms with van der Waals surface area (Å²) in [4.78, 5) is 23.2. The minimum atomic E-state index is -1.02. The lowest BCUT2D eigenvalue weighted by molar-refractivity contribution is -0.140. The normalized spacial score (nSPS) is 12.5.